The van der Waals surface area contributed by atoms with Crippen LogP contribution in [0.3, 0.4) is 0 Å². The molecule has 0 aromatic rings. The molecule has 0 aliphatic rings. The lowest BCUT2D eigenvalue weighted by molar-refractivity contribution is -0.143. The molecule has 5 unspecified atom stereocenters. The van der Waals surface area contributed by atoms with Crippen molar-refractivity contribution >= 4 is 29.7 Å². The number of hydrogen-bond donors (Lipinski definition) is 8. The van der Waals surface area contributed by atoms with E-state index in [1.807, 2.05) is 20.8 Å². The maximum absolute atomic E-state index is 13.2. The number of carbonyl (C=O) groups excluding carboxylic acids is 3. The molecule has 0 heterocycles. The first-order valence-electron chi connectivity index (χ1n) is 13.0. The topological polar surface area (TPSA) is 241 Å². The summed E-state index contributed by atoms with van der Waals surface area (Å²) >= 11 is 0. The number of rotatable bonds is 19. The normalized spacial score (nSPS) is 15.1. The van der Waals surface area contributed by atoms with Gasteiger partial charge in [0.15, 0.2) is 5.96 Å². The molecule has 0 rings (SSSR count). The number of carboxylic acids is 1. The highest BCUT2D eigenvalue weighted by atomic mass is 16.4. The molecule has 0 aromatic carbocycles. The van der Waals surface area contributed by atoms with Gasteiger partial charge in [-0.05, 0) is 56.9 Å². The Hall–Kier alpha value is -2.93. The van der Waals surface area contributed by atoms with Crippen LogP contribution in [0.1, 0.15) is 72.6 Å². The summed E-state index contributed by atoms with van der Waals surface area (Å²) < 4.78 is 0. The Labute approximate surface area is 219 Å². The highest BCUT2D eigenvalue weighted by Gasteiger charge is 2.32. The number of aliphatic carboxylic acids is 1. The monoisotopic (exact) mass is 528 g/mol. The van der Waals surface area contributed by atoms with E-state index >= 15 is 0 Å². The van der Waals surface area contributed by atoms with Crippen LogP contribution in [-0.4, -0.2) is 72.0 Å². The third-order valence-corrected chi connectivity index (χ3v) is 6.00. The molecule has 0 saturated carbocycles. The molecule has 0 saturated heterocycles. The first kappa shape index (κ1) is 34.1. The van der Waals surface area contributed by atoms with Crippen molar-refractivity contribution in [2.24, 2.45) is 39.8 Å². The quantitative estimate of drug-likeness (QED) is 0.0589. The number of amides is 3. The maximum Gasteiger partial charge on any atom is 0.326 e. The number of hydrogen-bond acceptors (Lipinski definition) is 7. The van der Waals surface area contributed by atoms with Crippen LogP contribution < -0.4 is 38.9 Å². The first-order valence-corrected chi connectivity index (χ1v) is 13.0. The molecule has 0 aromatic heterocycles. The molecule has 0 aliphatic heterocycles. The summed E-state index contributed by atoms with van der Waals surface area (Å²) in [4.78, 5) is 54.4. The van der Waals surface area contributed by atoms with Gasteiger partial charge in [0.05, 0.1) is 6.04 Å². The van der Waals surface area contributed by atoms with Gasteiger partial charge >= 0.3 is 5.97 Å². The van der Waals surface area contributed by atoms with E-state index < -0.39 is 47.9 Å². The second kappa shape index (κ2) is 18.3. The Bertz CT molecular complexity index is 757. The van der Waals surface area contributed by atoms with Gasteiger partial charge in [-0.1, -0.05) is 34.1 Å². The average Bonchev–Trinajstić information content (AvgIpc) is 2.82. The van der Waals surface area contributed by atoms with E-state index in [2.05, 4.69) is 20.9 Å². The minimum Gasteiger partial charge on any atom is -0.480 e. The zero-order chi connectivity index (χ0) is 28.5. The Balaban J connectivity index is 5.52. The summed E-state index contributed by atoms with van der Waals surface area (Å²) in [5.41, 5.74) is 22.1. The Morgan fingerprint density at radius 3 is 1.97 bits per heavy atom. The van der Waals surface area contributed by atoms with Gasteiger partial charge in [0, 0.05) is 6.54 Å². The van der Waals surface area contributed by atoms with Crippen molar-refractivity contribution in [3.05, 3.63) is 0 Å². The lowest BCUT2D eigenvalue weighted by Gasteiger charge is -2.28. The van der Waals surface area contributed by atoms with Crippen molar-refractivity contribution in [3.8, 4) is 0 Å². The van der Waals surface area contributed by atoms with Crippen molar-refractivity contribution in [2.45, 2.75) is 96.8 Å². The minimum absolute atomic E-state index is 0.102. The Kier molecular flexibility index (Phi) is 16.9. The van der Waals surface area contributed by atoms with E-state index in [1.54, 1.807) is 6.92 Å². The smallest absolute Gasteiger partial charge is 0.326 e. The van der Waals surface area contributed by atoms with E-state index in [0.717, 1.165) is 0 Å². The zero-order valence-corrected chi connectivity index (χ0v) is 22.7. The number of nitrogens with two attached hydrogens (primary N) is 4. The van der Waals surface area contributed by atoms with Crippen molar-refractivity contribution in [3.63, 3.8) is 0 Å². The predicted octanol–water partition coefficient (Wildman–Crippen LogP) is -0.872. The second-order valence-electron chi connectivity index (χ2n) is 9.80. The fraction of sp³-hybridized carbons (Fsp3) is 0.792. The van der Waals surface area contributed by atoms with Crippen LogP contribution in [0.2, 0.25) is 0 Å². The van der Waals surface area contributed by atoms with Crippen LogP contribution in [0.5, 0.6) is 0 Å². The van der Waals surface area contributed by atoms with Gasteiger partial charge in [-0.15, -0.1) is 0 Å². The lowest BCUT2D eigenvalue weighted by atomic mass is 9.96. The molecule has 0 bridgehead atoms. The van der Waals surface area contributed by atoms with Gasteiger partial charge < -0.3 is 44.0 Å². The molecular weight excluding hydrogens is 480 g/mol. The molecule has 0 fully saturated rings. The van der Waals surface area contributed by atoms with Gasteiger partial charge in [0.1, 0.15) is 18.1 Å². The summed E-state index contributed by atoms with van der Waals surface area (Å²) in [6.45, 7) is 8.17. The molecule has 37 heavy (non-hydrogen) atoms. The highest BCUT2D eigenvalue weighted by Crippen LogP contribution is 2.12. The Morgan fingerprint density at radius 2 is 1.46 bits per heavy atom. The number of carbonyl (C=O) groups is 4. The summed E-state index contributed by atoms with van der Waals surface area (Å²) in [7, 11) is 0. The number of nitrogens with zero attached hydrogens (tertiary/aromatic N) is 1. The van der Waals surface area contributed by atoms with Crippen LogP contribution in [0.15, 0.2) is 4.99 Å². The largest absolute Gasteiger partial charge is 0.480 e. The van der Waals surface area contributed by atoms with Gasteiger partial charge in [-0.3, -0.25) is 19.4 Å². The molecule has 5 atom stereocenters. The Morgan fingerprint density at radius 1 is 0.865 bits per heavy atom. The average molecular weight is 529 g/mol. The third-order valence-electron chi connectivity index (χ3n) is 6.00. The van der Waals surface area contributed by atoms with Crippen LogP contribution in [0.25, 0.3) is 0 Å². The van der Waals surface area contributed by atoms with Crippen LogP contribution in [-0.2, 0) is 19.2 Å². The zero-order valence-electron chi connectivity index (χ0n) is 22.7. The van der Waals surface area contributed by atoms with Gasteiger partial charge in [-0.25, -0.2) is 4.79 Å². The number of carboxylic acid groups (broad SMARTS) is 1. The van der Waals surface area contributed by atoms with Crippen LogP contribution >= 0.6 is 0 Å². The predicted molar refractivity (Wildman–Crippen MR) is 143 cm³/mol. The first-order chi connectivity index (χ1) is 17.3. The lowest BCUT2D eigenvalue weighted by Crippen LogP contribution is -2.58. The van der Waals surface area contributed by atoms with Gasteiger partial charge in [-0.2, -0.15) is 0 Å². The molecule has 12 N–H and O–H groups in total. The molecule has 0 aliphatic carbocycles. The fourth-order valence-corrected chi connectivity index (χ4v) is 3.63. The van der Waals surface area contributed by atoms with Gasteiger partial charge in [0.2, 0.25) is 17.7 Å². The standard InChI is InChI=1S/C24H48N8O5/c1-5-15(4)19(22(35)31-18(23(36)37)10-8-12-29-24(27)28)32-21(34)17(9-6-7-11-25)30-20(33)16(26)13-14(2)3/h14-19H,5-13,25-26H2,1-4H3,(H,30,33)(H,31,35)(H,32,34)(H,36,37)(H4,27,28,29). The van der Waals surface area contributed by atoms with Crippen LogP contribution in [0, 0.1) is 11.8 Å². The fourth-order valence-electron chi connectivity index (χ4n) is 3.63. The minimum atomic E-state index is -1.21. The van der Waals surface area contributed by atoms with E-state index in [9.17, 15) is 24.3 Å². The van der Waals surface area contributed by atoms with E-state index in [-0.39, 0.29) is 30.8 Å². The summed E-state index contributed by atoms with van der Waals surface area (Å²) in [6, 6.07) is -3.87. The molecule has 3 amide bonds. The number of guanidine groups is 1. The van der Waals surface area contributed by atoms with Gasteiger partial charge in [0.25, 0.3) is 0 Å². The number of nitrogens with one attached hydrogen (secondary N) is 3. The van der Waals surface area contributed by atoms with Crippen molar-refractivity contribution in [1.82, 2.24) is 16.0 Å². The summed E-state index contributed by atoms with van der Waals surface area (Å²) in [5.74, 6) is -3.03. The summed E-state index contributed by atoms with van der Waals surface area (Å²) in [6.07, 6.45) is 3.01. The third kappa shape index (κ3) is 14.4. The van der Waals surface area contributed by atoms with E-state index in [0.29, 0.717) is 45.1 Å². The SMILES string of the molecule is CCC(C)C(NC(=O)C(CCCCN)NC(=O)C(N)CC(C)C)C(=O)NC(CCCN=C(N)N)C(=O)O. The van der Waals surface area contributed by atoms with Crippen LogP contribution in [0.4, 0.5) is 0 Å². The summed E-state index contributed by atoms with van der Waals surface area (Å²) in [5, 5.41) is 17.5. The molecule has 13 heteroatoms. The highest BCUT2D eigenvalue weighted by molar-refractivity contribution is 5.94. The van der Waals surface area contributed by atoms with Crippen molar-refractivity contribution < 1.29 is 24.3 Å². The number of aliphatic imine (C=N–C) groups is 1. The maximum atomic E-state index is 13.2. The van der Waals surface area contributed by atoms with E-state index in [4.69, 9.17) is 22.9 Å². The molecular formula is C24H48N8O5. The molecule has 0 spiro atoms. The molecule has 13 nitrogen and oxygen atoms in total. The van der Waals surface area contributed by atoms with Crippen molar-refractivity contribution in [2.75, 3.05) is 13.1 Å². The number of unbranched alkanes of at least 4 members (excludes halogenated alkanes) is 1. The van der Waals surface area contributed by atoms with E-state index in [1.165, 1.54) is 0 Å². The molecule has 0 radical (unpaired) electrons. The molecule has 214 valence electrons. The second-order valence-corrected chi connectivity index (χ2v) is 9.80. The van der Waals surface area contributed by atoms with Crippen molar-refractivity contribution in [1.29, 1.82) is 0 Å².